The van der Waals surface area contributed by atoms with Gasteiger partial charge in [0.05, 0.1) is 24.2 Å². The smallest absolute Gasteiger partial charge is 0.282 e. The normalized spacial score (nSPS) is 11.5. The van der Waals surface area contributed by atoms with Crippen molar-refractivity contribution < 1.29 is 13.9 Å². The second-order valence-electron chi connectivity index (χ2n) is 9.01. The van der Waals surface area contributed by atoms with Crippen molar-refractivity contribution in [3.8, 4) is 23.1 Å². The Balaban J connectivity index is 1.45. The Morgan fingerprint density at radius 1 is 0.951 bits per heavy atom. The van der Waals surface area contributed by atoms with Crippen molar-refractivity contribution in [2.75, 3.05) is 7.11 Å². The number of nitrogens with zero attached hydrogens (tertiary/aromatic N) is 3. The number of hydrogen-bond acceptors (Lipinski definition) is 6. The molecule has 0 aliphatic rings. The van der Waals surface area contributed by atoms with E-state index in [2.05, 4.69) is 5.10 Å². The van der Waals surface area contributed by atoms with Gasteiger partial charge in [-0.25, -0.2) is 4.98 Å². The first-order valence-electron chi connectivity index (χ1n) is 12.4. The zero-order valence-corrected chi connectivity index (χ0v) is 23.7. The van der Waals surface area contributed by atoms with E-state index in [0.29, 0.717) is 54.4 Å². The first-order chi connectivity index (χ1) is 19.9. The molecule has 41 heavy (non-hydrogen) atoms. The summed E-state index contributed by atoms with van der Waals surface area (Å²) in [5.41, 5.74) is 2.07. The van der Waals surface area contributed by atoms with Crippen LogP contribution < -0.4 is 15.0 Å². The molecule has 0 bridgehead atoms. The number of halogens is 3. The lowest BCUT2D eigenvalue weighted by atomic mass is 10.2. The molecule has 0 fully saturated rings. The van der Waals surface area contributed by atoms with E-state index in [1.54, 1.807) is 86.0 Å². The number of aromatic nitrogens is 2. The average molecular weight is 605 g/mol. The van der Waals surface area contributed by atoms with Gasteiger partial charge in [-0.05, 0) is 60.7 Å². The van der Waals surface area contributed by atoms with E-state index < -0.39 is 0 Å². The van der Waals surface area contributed by atoms with Crippen LogP contribution in [0.15, 0.2) is 99.2 Å². The SMILES string of the molecule is COc1cccc(C=Nn2c(-c3cc4cc(Cl)ccc4o3)nc3ccccc3c2=O)c1OCc1ccc(Cl)cc1Cl. The highest BCUT2D eigenvalue weighted by atomic mass is 35.5. The third kappa shape index (κ3) is 5.39. The molecule has 6 aromatic rings. The van der Waals surface area contributed by atoms with E-state index in [4.69, 9.17) is 53.7 Å². The number of methoxy groups -OCH3 is 1. The van der Waals surface area contributed by atoms with E-state index in [1.165, 1.54) is 10.9 Å². The van der Waals surface area contributed by atoms with Gasteiger partial charge in [0, 0.05) is 31.6 Å². The van der Waals surface area contributed by atoms with Crippen molar-refractivity contribution >= 4 is 62.9 Å². The molecule has 0 saturated carbocycles. The van der Waals surface area contributed by atoms with Crippen LogP contribution in [0.25, 0.3) is 33.5 Å². The molecule has 0 spiro atoms. The largest absolute Gasteiger partial charge is 0.493 e. The van der Waals surface area contributed by atoms with Crippen LogP contribution >= 0.6 is 34.8 Å². The van der Waals surface area contributed by atoms with E-state index in [-0.39, 0.29) is 18.0 Å². The molecule has 0 unspecified atom stereocenters. The summed E-state index contributed by atoms with van der Waals surface area (Å²) in [6.45, 7) is 0.154. The fourth-order valence-electron chi connectivity index (χ4n) is 4.37. The summed E-state index contributed by atoms with van der Waals surface area (Å²) in [5.74, 6) is 1.50. The summed E-state index contributed by atoms with van der Waals surface area (Å²) in [7, 11) is 1.54. The van der Waals surface area contributed by atoms with Crippen LogP contribution in [-0.4, -0.2) is 23.0 Å². The minimum absolute atomic E-state index is 0.154. The van der Waals surface area contributed by atoms with E-state index in [0.717, 1.165) is 10.9 Å². The molecule has 4 aromatic carbocycles. The summed E-state index contributed by atoms with van der Waals surface area (Å²) in [6.07, 6.45) is 1.52. The fourth-order valence-corrected chi connectivity index (χ4v) is 5.02. The lowest BCUT2D eigenvalue weighted by molar-refractivity contribution is 0.284. The van der Waals surface area contributed by atoms with Gasteiger partial charge in [-0.1, -0.05) is 59.1 Å². The predicted molar refractivity (Wildman–Crippen MR) is 163 cm³/mol. The molecule has 10 heteroatoms. The highest BCUT2D eigenvalue weighted by Gasteiger charge is 2.17. The van der Waals surface area contributed by atoms with Crippen molar-refractivity contribution in [1.29, 1.82) is 0 Å². The maximum atomic E-state index is 13.7. The van der Waals surface area contributed by atoms with Crippen LogP contribution in [0.1, 0.15) is 11.1 Å². The Labute approximate surface area is 249 Å². The molecular formula is C31H20Cl3N3O4. The summed E-state index contributed by atoms with van der Waals surface area (Å²) >= 11 is 18.6. The number of ether oxygens (including phenoxy) is 2. The van der Waals surface area contributed by atoms with Gasteiger partial charge in [0.25, 0.3) is 5.56 Å². The van der Waals surface area contributed by atoms with E-state index in [1.807, 2.05) is 6.07 Å². The Morgan fingerprint density at radius 2 is 1.76 bits per heavy atom. The molecule has 0 saturated heterocycles. The zero-order valence-electron chi connectivity index (χ0n) is 21.5. The number of furan rings is 1. The molecule has 2 heterocycles. The molecular weight excluding hydrogens is 585 g/mol. The van der Waals surface area contributed by atoms with Crippen LogP contribution in [0.2, 0.25) is 15.1 Å². The topological polar surface area (TPSA) is 78.9 Å². The molecule has 0 aliphatic heterocycles. The van der Waals surface area contributed by atoms with Gasteiger partial charge in [-0.3, -0.25) is 4.79 Å². The molecule has 0 radical (unpaired) electrons. The van der Waals surface area contributed by atoms with Crippen molar-refractivity contribution in [2.45, 2.75) is 6.61 Å². The Hall–Kier alpha value is -4.30. The van der Waals surface area contributed by atoms with Crippen LogP contribution in [0.4, 0.5) is 0 Å². The van der Waals surface area contributed by atoms with Gasteiger partial charge in [0.1, 0.15) is 12.2 Å². The molecule has 0 aliphatic carbocycles. The third-order valence-electron chi connectivity index (χ3n) is 6.38. The molecule has 6 rings (SSSR count). The zero-order chi connectivity index (χ0) is 28.5. The predicted octanol–water partition coefficient (Wildman–Crippen LogP) is 8.24. The fraction of sp³-hybridized carbons (Fsp3) is 0.0645. The first-order valence-corrected chi connectivity index (χ1v) is 13.5. The van der Waals surface area contributed by atoms with Crippen molar-refractivity contribution in [2.24, 2.45) is 5.10 Å². The quantitative estimate of drug-likeness (QED) is 0.172. The first kappa shape index (κ1) is 26.9. The van der Waals surface area contributed by atoms with Crippen LogP contribution in [0, 0.1) is 0 Å². The lowest BCUT2D eigenvalue weighted by Crippen LogP contribution is -2.20. The highest BCUT2D eigenvalue weighted by molar-refractivity contribution is 6.35. The van der Waals surface area contributed by atoms with Crippen molar-refractivity contribution in [3.63, 3.8) is 0 Å². The molecule has 7 nitrogen and oxygen atoms in total. The van der Waals surface area contributed by atoms with Gasteiger partial charge in [-0.2, -0.15) is 9.78 Å². The minimum Gasteiger partial charge on any atom is -0.493 e. The van der Waals surface area contributed by atoms with Gasteiger partial charge >= 0.3 is 0 Å². The highest BCUT2D eigenvalue weighted by Crippen LogP contribution is 2.33. The monoisotopic (exact) mass is 603 g/mol. The second-order valence-corrected chi connectivity index (χ2v) is 10.3. The summed E-state index contributed by atoms with van der Waals surface area (Å²) in [4.78, 5) is 18.4. The van der Waals surface area contributed by atoms with Gasteiger partial charge < -0.3 is 13.9 Å². The molecule has 0 N–H and O–H groups in total. The van der Waals surface area contributed by atoms with Gasteiger partial charge in [0.15, 0.2) is 17.3 Å². The van der Waals surface area contributed by atoms with Gasteiger partial charge in [0.2, 0.25) is 5.82 Å². The summed E-state index contributed by atoms with van der Waals surface area (Å²) < 4.78 is 19.0. The molecule has 2 aromatic heterocycles. The second kappa shape index (κ2) is 11.3. The Morgan fingerprint density at radius 3 is 2.59 bits per heavy atom. The lowest BCUT2D eigenvalue weighted by Gasteiger charge is -2.14. The molecule has 0 amide bonds. The minimum atomic E-state index is -0.362. The average Bonchev–Trinajstić information content (AvgIpc) is 3.39. The van der Waals surface area contributed by atoms with E-state index >= 15 is 0 Å². The summed E-state index contributed by atoms with van der Waals surface area (Å²) in [6, 6.07) is 24.7. The Kier molecular flexibility index (Phi) is 7.41. The third-order valence-corrected chi connectivity index (χ3v) is 7.20. The van der Waals surface area contributed by atoms with Crippen LogP contribution in [0.5, 0.6) is 11.5 Å². The molecule has 0 atom stereocenters. The van der Waals surface area contributed by atoms with Crippen LogP contribution in [0.3, 0.4) is 0 Å². The number of fused-ring (bicyclic) bond motifs is 2. The summed E-state index contributed by atoms with van der Waals surface area (Å²) in [5, 5.41) is 7.32. The number of hydrogen-bond donors (Lipinski definition) is 0. The van der Waals surface area contributed by atoms with Crippen molar-refractivity contribution in [3.05, 3.63) is 121 Å². The standard InChI is InChI=1S/C31H20Cl3N3O4/c1-39-27-8-4-5-18(29(27)40-17-19-9-10-22(33)15-24(19)34)16-35-37-30(36-25-7-3-2-6-23(25)31(37)38)28-14-20-13-21(32)11-12-26(20)41-28/h2-16H,17H2,1H3. The maximum Gasteiger partial charge on any atom is 0.282 e. The Bertz CT molecular complexity index is 2020. The van der Waals surface area contributed by atoms with E-state index in [9.17, 15) is 4.79 Å². The maximum absolute atomic E-state index is 13.7. The number of benzene rings is 4. The van der Waals surface area contributed by atoms with Crippen molar-refractivity contribution in [1.82, 2.24) is 9.66 Å². The molecule has 204 valence electrons. The number of para-hydroxylation sites is 2. The van der Waals surface area contributed by atoms with Crippen LogP contribution in [-0.2, 0) is 6.61 Å². The van der Waals surface area contributed by atoms with Gasteiger partial charge in [-0.15, -0.1) is 0 Å². The number of rotatable bonds is 7.